The number of carbonyl (C=O) groups excluding carboxylic acids is 2. The third-order valence-electron chi connectivity index (χ3n) is 2.92. The van der Waals surface area contributed by atoms with Gasteiger partial charge in [0.25, 0.3) is 5.91 Å². The Hall–Kier alpha value is -2.31. The minimum Gasteiger partial charge on any atom is -0.495 e. The molecule has 0 spiro atoms. The van der Waals surface area contributed by atoms with E-state index in [1.165, 1.54) is 19.2 Å². The van der Waals surface area contributed by atoms with Gasteiger partial charge in [-0.2, -0.15) is 0 Å². The number of rotatable bonds is 5. The van der Waals surface area contributed by atoms with Crippen LogP contribution in [-0.4, -0.2) is 25.6 Å². The van der Waals surface area contributed by atoms with Gasteiger partial charge in [0.2, 0.25) is 0 Å². The van der Waals surface area contributed by atoms with Crippen LogP contribution in [0.15, 0.2) is 36.4 Å². The van der Waals surface area contributed by atoms with Crippen LogP contribution < -0.4 is 10.1 Å². The molecule has 0 aliphatic heterocycles. The van der Waals surface area contributed by atoms with Crippen LogP contribution in [0, 0.1) is 5.82 Å². The summed E-state index contributed by atoms with van der Waals surface area (Å²) in [6, 6.07) is 8.09. The molecule has 2 aromatic carbocycles. The standard InChI is InChI=1S/C16H12Cl2FNO4/c1-23-14-5-3-10(7-12(14)18)20-15(21)8-24-16(22)11-6-9(17)2-4-13(11)19/h2-7H,8H2,1H3,(H,20,21). The second-order valence-electron chi connectivity index (χ2n) is 4.60. The summed E-state index contributed by atoms with van der Waals surface area (Å²) in [5.41, 5.74) is 0.0542. The number of anilines is 1. The third kappa shape index (κ3) is 4.59. The van der Waals surface area contributed by atoms with Crippen LogP contribution in [0.2, 0.25) is 10.0 Å². The summed E-state index contributed by atoms with van der Waals surface area (Å²) in [5, 5.41) is 2.99. The SMILES string of the molecule is COc1ccc(NC(=O)COC(=O)c2cc(Cl)ccc2F)cc1Cl. The van der Waals surface area contributed by atoms with Crippen molar-refractivity contribution in [3.63, 3.8) is 0 Å². The van der Waals surface area contributed by atoms with Gasteiger partial charge in [0.1, 0.15) is 11.6 Å². The van der Waals surface area contributed by atoms with Crippen molar-refractivity contribution in [2.45, 2.75) is 0 Å². The Morgan fingerprint density at radius 3 is 2.58 bits per heavy atom. The van der Waals surface area contributed by atoms with Crippen LogP contribution in [0.4, 0.5) is 10.1 Å². The molecule has 2 aromatic rings. The predicted molar refractivity (Wildman–Crippen MR) is 88.3 cm³/mol. The van der Waals surface area contributed by atoms with Gasteiger partial charge in [-0.15, -0.1) is 0 Å². The molecule has 1 N–H and O–H groups in total. The largest absolute Gasteiger partial charge is 0.495 e. The minimum atomic E-state index is -0.988. The molecule has 0 radical (unpaired) electrons. The van der Waals surface area contributed by atoms with Crippen molar-refractivity contribution in [1.29, 1.82) is 0 Å². The highest BCUT2D eigenvalue weighted by atomic mass is 35.5. The quantitative estimate of drug-likeness (QED) is 0.808. The Bertz CT molecular complexity index is 783. The molecule has 1 amide bonds. The molecule has 5 nitrogen and oxygen atoms in total. The van der Waals surface area contributed by atoms with Crippen LogP contribution >= 0.6 is 23.2 Å². The van der Waals surface area contributed by atoms with Crippen molar-refractivity contribution in [1.82, 2.24) is 0 Å². The van der Waals surface area contributed by atoms with Gasteiger partial charge in [0.05, 0.1) is 17.7 Å². The van der Waals surface area contributed by atoms with E-state index < -0.39 is 24.3 Å². The highest BCUT2D eigenvalue weighted by Gasteiger charge is 2.15. The lowest BCUT2D eigenvalue weighted by Gasteiger charge is -2.09. The molecule has 0 fully saturated rings. The molecule has 0 atom stereocenters. The highest BCUT2D eigenvalue weighted by Crippen LogP contribution is 2.27. The molecule has 0 bridgehead atoms. The number of nitrogens with one attached hydrogen (secondary N) is 1. The van der Waals surface area contributed by atoms with Crippen molar-refractivity contribution in [3.05, 3.63) is 57.8 Å². The van der Waals surface area contributed by atoms with E-state index in [4.69, 9.17) is 32.7 Å². The first-order valence-electron chi connectivity index (χ1n) is 6.66. The lowest BCUT2D eigenvalue weighted by Crippen LogP contribution is -2.21. The van der Waals surface area contributed by atoms with E-state index in [0.29, 0.717) is 16.5 Å². The van der Waals surface area contributed by atoms with E-state index in [1.54, 1.807) is 12.1 Å². The Morgan fingerprint density at radius 1 is 1.17 bits per heavy atom. The Morgan fingerprint density at radius 2 is 1.92 bits per heavy atom. The molecule has 2 rings (SSSR count). The van der Waals surface area contributed by atoms with Crippen molar-refractivity contribution in [2.24, 2.45) is 0 Å². The molecular weight excluding hydrogens is 360 g/mol. The van der Waals surface area contributed by atoms with E-state index in [1.807, 2.05) is 0 Å². The maximum Gasteiger partial charge on any atom is 0.341 e. The maximum atomic E-state index is 13.5. The molecule has 8 heteroatoms. The predicted octanol–water partition coefficient (Wildman–Crippen LogP) is 3.94. The smallest absolute Gasteiger partial charge is 0.341 e. The fourth-order valence-electron chi connectivity index (χ4n) is 1.80. The maximum absolute atomic E-state index is 13.5. The first-order valence-corrected chi connectivity index (χ1v) is 7.42. The number of esters is 1. The topological polar surface area (TPSA) is 64.6 Å². The lowest BCUT2D eigenvalue weighted by molar-refractivity contribution is -0.119. The van der Waals surface area contributed by atoms with Gasteiger partial charge >= 0.3 is 5.97 Å². The zero-order valence-corrected chi connectivity index (χ0v) is 13.9. The molecule has 24 heavy (non-hydrogen) atoms. The van der Waals surface area contributed by atoms with Crippen LogP contribution in [0.3, 0.4) is 0 Å². The normalized spacial score (nSPS) is 10.2. The Balaban J connectivity index is 1.94. The molecule has 0 aromatic heterocycles. The van der Waals surface area contributed by atoms with Gasteiger partial charge in [-0.1, -0.05) is 23.2 Å². The van der Waals surface area contributed by atoms with Crippen molar-refractivity contribution >= 4 is 40.8 Å². The fraction of sp³-hybridized carbons (Fsp3) is 0.125. The average molecular weight is 372 g/mol. The van der Waals surface area contributed by atoms with E-state index in [0.717, 1.165) is 12.1 Å². The minimum absolute atomic E-state index is 0.181. The van der Waals surface area contributed by atoms with E-state index >= 15 is 0 Å². The molecule has 0 saturated heterocycles. The average Bonchev–Trinajstić information content (AvgIpc) is 2.55. The first-order chi connectivity index (χ1) is 11.4. The number of hydrogen-bond donors (Lipinski definition) is 1. The fourth-order valence-corrected chi connectivity index (χ4v) is 2.23. The molecule has 0 aliphatic carbocycles. The van der Waals surface area contributed by atoms with Crippen molar-refractivity contribution in [2.75, 3.05) is 19.0 Å². The van der Waals surface area contributed by atoms with E-state index in [9.17, 15) is 14.0 Å². The third-order valence-corrected chi connectivity index (χ3v) is 3.45. The summed E-state index contributed by atoms with van der Waals surface area (Å²) in [6.07, 6.45) is 0. The summed E-state index contributed by atoms with van der Waals surface area (Å²) >= 11 is 11.6. The van der Waals surface area contributed by atoms with Gasteiger partial charge < -0.3 is 14.8 Å². The van der Waals surface area contributed by atoms with Crippen LogP contribution in [-0.2, 0) is 9.53 Å². The van der Waals surface area contributed by atoms with Gasteiger partial charge in [0.15, 0.2) is 6.61 Å². The molecule has 0 saturated carbocycles. The monoisotopic (exact) mass is 371 g/mol. The number of methoxy groups -OCH3 is 1. The highest BCUT2D eigenvalue weighted by molar-refractivity contribution is 6.32. The zero-order valence-electron chi connectivity index (χ0n) is 12.4. The molecule has 0 aliphatic rings. The van der Waals surface area contributed by atoms with Gasteiger partial charge in [-0.3, -0.25) is 4.79 Å². The molecular formula is C16H12Cl2FNO4. The van der Waals surface area contributed by atoms with E-state index in [2.05, 4.69) is 5.32 Å². The van der Waals surface area contributed by atoms with Crippen LogP contribution in [0.5, 0.6) is 5.75 Å². The molecule has 0 heterocycles. The molecule has 0 unspecified atom stereocenters. The second kappa shape index (κ2) is 7.99. The van der Waals surface area contributed by atoms with E-state index in [-0.39, 0.29) is 10.6 Å². The summed E-state index contributed by atoms with van der Waals surface area (Å²) in [7, 11) is 1.47. The summed E-state index contributed by atoms with van der Waals surface area (Å²) in [5.74, 6) is -1.92. The van der Waals surface area contributed by atoms with Crippen molar-refractivity contribution in [3.8, 4) is 5.75 Å². The zero-order chi connectivity index (χ0) is 17.7. The number of hydrogen-bond acceptors (Lipinski definition) is 4. The number of halogens is 3. The second-order valence-corrected chi connectivity index (χ2v) is 5.44. The van der Waals surface area contributed by atoms with Gasteiger partial charge in [-0.05, 0) is 36.4 Å². The van der Waals surface area contributed by atoms with Crippen LogP contribution in [0.1, 0.15) is 10.4 Å². The first kappa shape index (κ1) is 18.0. The number of benzene rings is 2. The summed E-state index contributed by atoms with van der Waals surface area (Å²) < 4.78 is 23.3. The lowest BCUT2D eigenvalue weighted by atomic mass is 10.2. The Labute approximate surface area is 147 Å². The number of carbonyl (C=O) groups is 2. The molecule has 126 valence electrons. The van der Waals surface area contributed by atoms with Crippen molar-refractivity contribution < 1.29 is 23.5 Å². The summed E-state index contributed by atoms with van der Waals surface area (Å²) in [6.45, 7) is -0.589. The Kier molecular flexibility index (Phi) is 6.00. The number of amides is 1. The van der Waals surface area contributed by atoms with Gasteiger partial charge in [0, 0.05) is 10.7 Å². The van der Waals surface area contributed by atoms with Gasteiger partial charge in [-0.25, -0.2) is 9.18 Å². The number of ether oxygens (including phenoxy) is 2. The summed E-state index contributed by atoms with van der Waals surface area (Å²) in [4.78, 5) is 23.6. The van der Waals surface area contributed by atoms with Crippen LogP contribution in [0.25, 0.3) is 0 Å².